The minimum Gasteiger partial charge on any atom is -0.0625 e. The molecule has 0 heteroatoms. The van der Waals surface area contributed by atoms with Crippen molar-refractivity contribution >= 4 is 0 Å². The topological polar surface area (TPSA) is 0 Å². The highest BCUT2D eigenvalue weighted by atomic mass is 14.0. The average molecular weight is 337 g/mol. The molecule has 0 saturated heterocycles. The van der Waals surface area contributed by atoms with E-state index >= 15 is 0 Å². The second kappa shape index (κ2) is 21.0. The third-order valence-corrected chi connectivity index (χ3v) is 5.20. The number of rotatable bonds is 20. The molecule has 0 aromatic heterocycles. The Morgan fingerprint density at radius 2 is 0.708 bits per heavy atom. The quantitative estimate of drug-likeness (QED) is 0.194. The molecule has 1 atom stereocenters. The van der Waals surface area contributed by atoms with E-state index in [4.69, 9.17) is 0 Å². The van der Waals surface area contributed by atoms with Crippen LogP contribution in [0, 0.1) is 19.8 Å². The SMILES string of the molecule is [CH2]CCCCCCCCCCCCCCCCCCCCC([CH2])C. The van der Waals surface area contributed by atoms with Gasteiger partial charge >= 0.3 is 0 Å². The lowest BCUT2D eigenvalue weighted by atomic mass is 10.0. The van der Waals surface area contributed by atoms with E-state index in [0.717, 1.165) is 6.42 Å². The van der Waals surface area contributed by atoms with Crippen molar-refractivity contribution in [3.05, 3.63) is 13.8 Å². The monoisotopic (exact) mass is 336 g/mol. The van der Waals surface area contributed by atoms with Crippen LogP contribution < -0.4 is 0 Å². The summed E-state index contributed by atoms with van der Waals surface area (Å²) in [5.41, 5.74) is 0. The highest BCUT2D eigenvalue weighted by Crippen LogP contribution is 2.15. The Kier molecular flexibility index (Phi) is 21.0. The lowest BCUT2D eigenvalue weighted by Gasteiger charge is -2.05. The minimum atomic E-state index is 0.647. The molecule has 1 unspecified atom stereocenters. The minimum absolute atomic E-state index is 0.647. The lowest BCUT2D eigenvalue weighted by Crippen LogP contribution is -1.87. The zero-order valence-corrected chi connectivity index (χ0v) is 17.1. The molecule has 0 saturated carbocycles. The van der Waals surface area contributed by atoms with E-state index < -0.39 is 0 Å². The summed E-state index contributed by atoms with van der Waals surface area (Å²) in [6.07, 6.45) is 28.5. The van der Waals surface area contributed by atoms with E-state index in [1.54, 1.807) is 0 Å². The Morgan fingerprint density at radius 3 is 0.958 bits per heavy atom. The van der Waals surface area contributed by atoms with Crippen molar-refractivity contribution in [2.24, 2.45) is 5.92 Å². The van der Waals surface area contributed by atoms with E-state index in [9.17, 15) is 0 Å². The fourth-order valence-corrected chi connectivity index (χ4v) is 3.50. The first-order valence-electron chi connectivity index (χ1n) is 11.4. The van der Waals surface area contributed by atoms with Crippen molar-refractivity contribution in [3.63, 3.8) is 0 Å². The smallest absolute Gasteiger partial charge is 0.0443 e. The molecule has 0 aromatic rings. The summed E-state index contributed by atoms with van der Waals surface area (Å²) in [4.78, 5) is 0. The van der Waals surface area contributed by atoms with Crippen LogP contribution in [0.25, 0.3) is 0 Å². The summed E-state index contributed by atoms with van der Waals surface area (Å²) in [6, 6.07) is 0. The average Bonchev–Trinajstić information content (AvgIpc) is 2.56. The maximum atomic E-state index is 4.05. The summed E-state index contributed by atoms with van der Waals surface area (Å²) < 4.78 is 0. The molecule has 0 fully saturated rings. The highest BCUT2D eigenvalue weighted by molar-refractivity contribution is 4.55. The van der Waals surface area contributed by atoms with Gasteiger partial charge in [-0.15, -0.1) is 0 Å². The van der Waals surface area contributed by atoms with Crippen molar-refractivity contribution in [1.82, 2.24) is 0 Å². The van der Waals surface area contributed by atoms with Gasteiger partial charge < -0.3 is 0 Å². The van der Waals surface area contributed by atoms with Crippen LogP contribution in [-0.4, -0.2) is 0 Å². The molecule has 0 aliphatic heterocycles. The van der Waals surface area contributed by atoms with Crippen molar-refractivity contribution in [1.29, 1.82) is 0 Å². The van der Waals surface area contributed by atoms with Gasteiger partial charge in [0.25, 0.3) is 0 Å². The van der Waals surface area contributed by atoms with Crippen LogP contribution in [0.15, 0.2) is 0 Å². The second-order valence-electron chi connectivity index (χ2n) is 8.11. The Morgan fingerprint density at radius 1 is 0.458 bits per heavy atom. The van der Waals surface area contributed by atoms with Crippen molar-refractivity contribution < 1.29 is 0 Å². The van der Waals surface area contributed by atoms with E-state index in [1.807, 2.05) is 0 Å². The molecule has 0 heterocycles. The van der Waals surface area contributed by atoms with Crippen LogP contribution in [0.5, 0.6) is 0 Å². The van der Waals surface area contributed by atoms with Gasteiger partial charge in [-0.2, -0.15) is 0 Å². The van der Waals surface area contributed by atoms with Gasteiger partial charge in [-0.25, -0.2) is 0 Å². The normalized spacial score (nSPS) is 11.5. The van der Waals surface area contributed by atoms with E-state index in [2.05, 4.69) is 20.8 Å². The second-order valence-corrected chi connectivity index (χ2v) is 8.11. The molecule has 0 aromatic carbocycles. The molecule has 24 heavy (non-hydrogen) atoms. The van der Waals surface area contributed by atoms with Gasteiger partial charge in [0.2, 0.25) is 0 Å². The highest BCUT2D eigenvalue weighted by Gasteiger charge is 1.96. The maximum Gasteiger partial charge on any atom is -0.0443 e. The molecule has 0 bridgehead atoms. The Balaban J connectivity index is 2.95. The third kappa shape index (κ3) is 22.0. The van der Waals surface area contributed by atoms with Crippen LogP contribution in [0.2, 0.25) is 0 Å². The van der Waals surface area contributed by atoms with Gasteiger partial charge in [-0.3, -0.25) is 0 Å². The lowest BCUT2D eigenvalue weighted by molar-refractivity contribution is 0.513. The Labute approximate surface area is 155 Å². The number of hydrogen-bond donors (Lipinski definition) is 0. The van der Waals surface area contributed by atoms with Crippen LogP contribution in [0.4, 0.5) is 0 Å². The van der Waals surface area contributed by atoms with Gasteiger partial charge in [0.1, 0.15) is 0 Å². The molecule has 0 amide bonds. The molecular formula is C24H48. The summed E-state index contributed by atoms with van der Waals surface area (Å²) in [5.74, 6) is 0.647. The Bertz CT molecular complexity index is 206. The zero-order chi connectivity index (χ0) is 17.7. The predicted molar refractivity (Wildman–Crippen MR) is 112 cm³/mol. The molecule has 0 aliphatic rings. The third-order valence-electron chi connectivity index (χ3n) is 5.20. The van der Waals surface area contributed by atoms with Gasteiger partial charge in [0.15, 0.2) is 0 Å². The van der Waals surface area contributed by atoms with Gasteiger partial charge in [-0.05, 0) is 5.92 Å². The van der Waals surface area contributed by atoms with Crippen LogP contribution >= 0.6 is 0 Å². The maximum absolute atomic E-state index is 4.05. The first-order chi connectivity index (χ1) is 11.8. The predicted octanol–water partition coefficient (Wildman–Crippen LogP) is 9.09. The molecule has 0 rings (SSSR count). The van der Waals surface area contributed by atoms with Crippen molar-refractivity contribution in [2.45, 2.75) is 135 Å². The van der Waals surface area contributed by atoms with Crippen LogP contribution in [-0.2, 0) is 0 Å². The molecule has 0 N–H and O–H groups in total. The summed E-state index contributed by atoms with van der Waals surface area (Å²) in [7, 11) is 0. The molecular weight excluding hydrogens is 288 g/mol. The van der Waals surface area contributed by atoms with E-state index in [-0.39, 0.29) is 0 Å². The number of unbranched alkanes of at least 4 members (excludes halogenated alkanes) is 18. The van der Waals surface area contributed by atoms with Crippen molar-refractivity contribution in [3.8, 4) is 0 Å². The van der Waals surface area contributed by atoms with Gasteiger partial charge in [0.05, 0.1) is 0 Å². The standard InChI is InChI=1S/C24H48/c1-4-5-6-7-8-9-10-11-12-13-14-15-16-17-18-19-20-21-22-23-24(2)3/h24H,1-2,4-23H2,3H3. The van der Waals surface area contributed by atoms with Crippen LogP contribution in [0.1, 0.15) is 135 Å². The largest absolute Gasteiger partial charge is 0.0625 e. The Hall–Kier alpha value is 0. The molecule has 0 aliphatic carbocycles. The zero-order valence-electron chi connectivity index (χ0n) is 17.1. The van der Waals surface area contributed by atoms with Crippen molar-refractivity contribution in [2.75, 3.05) is 0 Å². The van der Waals surface area contributed by atoms with Gasteiger partial charge in [-0.1, -0.05) is 149 Å². The van der Waals surface area contributed by atoms with Gasteiger partial charge in [0, 0.05) is 0 Å². The first kappa shape index (κ1) is 24.0. The number of hydrogen-bond acceptors (Lipinski definition) is 0. The molecule has 2 radical (unpaired) electrons. The molecule has 0 spiro atoms. The molecule has 144 valence electrons. The first-order valence-corrected chi connectivity index (χ1v) is 11.4. The van der Waals surface area contributed by atoms with Crippen LogP contribution in [0.3, 0.4) is 0 Å². The van der Waals surface area contributed by atoms with E-state index in [1.165, 1.54) is 122 Å². The summed E-state index contributed by atoms with van der Waals surface area (Å²) in [6.45, 7) is 10.2. The fraction of sp³-hybridized carbons (Fsp3) is 0.917. The summed E-state index contributed by atoms with van der Waals surface area (Å²) >= 11 is 0. The van der Waals surface area contributed by atoms with E-state index in [0.29, 0.717) is 5.92 Å². The fourth-order valence-electron chi connectivity index (χ4n) is 3.50. The molecule has 0 nitrogen and oxygen atoms in total. The summed E-state index contributed by atoms with van der Waals surface area (Å²) in [5, 5.41) is 0.